The van der Waals surface area contributed by atoms with Gasteiger partial charge in [0.1, 0.15) is 12.2 Å². The molecule has 2 aliphatic carbocycles. The summed E-state index contributed by atoms with van der Waals surface area (Å²) in [4.78, 5) is 23.9. The maximum Gasteiger partial charge on any atom is 0.309 e. The summed E-state index contributed by atoms with van der Waals surface area (Å²) in [6.45, 7) is 8.29. The summed E-state index contributed by atoms with van der Waals surface area (Å²) in [6, 6.07) is 0. The number of esters is 2. The minimum Gasteiger partial charge on any atom is -0.458 e. The van der Waals surface area contributed by atoms with Crippen molar-refractivity contribution in [1.82, 2.24) is 0 Å². The molecule has 2 saturated carbocycles. The normalized spacial score (nSPS) is 39.8. The highest BCUT2D eigenvalue weighted by atomic mass is 16.6. The lowest BCUT2D eigenvalue weighted by molar-refractivity contribution is -0.166. The quantitative estimate of drug-likeness (QED) is 0.746. The summed E-state index contributed by atoms with van der Waals surface area (Å²) in [6.07, 6.45) is 2.26. The average Bonchev–Trinajstić information content (AvgIpc) is 2.91. The maximum atomic E-state index is 12.2. The molecule has 4 nitrogen and oxygen atoms in total. The van der Waals surface area contributed by atoms with Gasteiger partial charge in [-0.05, 0) is 24.7 Å². The van der Waals surface area contributed by atoms with Crippen LogP contribution in [-0.2, 0) is 19.1 Å². The molecule has 0 aromatic rings. The Labute approximate surface area is 120 Å². The Hall–Kier alpha value is -1.06. The van der Waals surface area contributed by atoms with Gasteiger partial charge in [-0.3, -0.25) is 9.59 Å². The fourth-order valence-corrected chi connectivity index (χ4v) is 4.32. The summed E-state index contributed by atoms with van der Waals surface area (Å²) in [7, 11) is 0. The van der Waals surface area contributed by atoms with Gasteiger partial charge in [0.05, 0.1) is 11.8 Å². The largest absolute Gasteiger partial charge is 0.458 e. The third-order valence-electron chi connectivity index (χ3n) is 4.99. The lowest BCUT2D eigenvalue weighted by atomic mass is 9.85. The van der Waals surface area contributed by atoms with Crippen molar-refractivity contribution in [3.63, 3.8) is 0 Å². The number of hydrogen-bond acceptors (Lipinski definition) is 4. The van der Waals surface area contributed by atoms with E-state index in [-0.39, 0.29) is 41.4 Å². The van der Waals surface area contributed by atoms with Crippen LogP contribution in [0, 0.1) is 29.1 Å². The Morgan fingerprint density at radius 2 is 2.10 bits per heavy atom. The number of rotatable bonds is 3. The smallest absolute Gasteiger partial charge is 0.309 e. The first kappa shape index (κ1) is 13.9. The van der Waals surface area contributed by atoms with Gasteiger partial charge in [-0.15, -0.1) is 0 Å². The third-order valence-corrected chi connectivity index (χ3v) is 4.99. The van der Waals surface area contributed by atoms with E-state index in [9.17, 15) is 9.59 Å². The SMILES string of the molecule is CC(CC(C)(C)C)C(=O)OC1C2CC3C(=O)OC1C3C2. The Morgan fingerprint density at radius 3 is 2.75 bits per heavy atom. The zero-order valence-electron chi connectivity index (χ0n) is 12.7. The number of hydrogen-bond donors (Lipinski definition) is 0. The Balaban J connectivity index is 1.62. The fourth-order valence-electron chi connectivity index (χ4n) is 4.32. The van der Waals surface area contributed by atoms with Crippen LogP contribution in [0.5, 0.6) is 0 Å². The van der Waals surface area contributed by atoms with E-state index in [1.165, 1.54) is 0 Å². The van der Waals surface area contributed by atoms with Crippen LogP contribution in [-0.4, -0.2) is 24.1 Å². The van der Waals surface area contributed by atoms with Crippen LogP contribution in [0.25, 0.3) is 0 Å². The Bertz CT molecular complexity index is 436. The van der Waals surface area contributed by atoms with Gasteiger partial charge in [-0.25, -0.2) is 0 Å². The standard InChI is InChI=1S/C16H24O4/c1-8(7-16(2,3)4)14(17)19-12-9-5-10-11(6-9)15(18)20-13(10)12/h8-13H,5-7H2,1-4H3. The third kappa shape index (κ3) is 2.23. The number of ether oxygens (including phenoxy) is 2. The molecule has 0 aromatic heterocycles. The zero-order chi connectivity index (χ0) is 14.7. The summed E-state index contributed by atoms with van der Waals surface area (Å²) in [5.41, 5.74) is 0.109. The molecule has 112 valence electrons. The molecule has 4 heteroatoms. The summed E-state index contributed by atoms with van der Waals surface area (Å²) in [5.74, 6) is 0.366. The molecule has 1 aliphatic heterocycles. The van der Waals surface area contributed by atoms with Gasteiger partial charge >= 0.3 is 11.9 Å². The molecule has 6 atom stereocenters. The van der Waals surface area contributed by atoms with Crippen LogP contribution in [0.1, 0.15) is 47.0 Å². The van der Waals surface area contributed by atoms with Gasteiger partial charge in [-0.1, -0.05) is 27.7 Å². The van der Waals surface area contributed by atoms with Crippen molar-refractivity contribution >= 4 is 11.9 Å². The molecule has 20 heavy (non-hydrogen) atoms. The highest BCUT2D eigenvalue weighted by molar-refractivity contribution is 5.77. The van der Waals surface area contributed by atoms with E-state index in [0.29, 0.717) is 11.8 Å². The highest BCUT2D eigenvalue weighted by Crippen LogP contribution is 2.55. The van der Waals surface area contributed by atoms with Crippen LogP contribution in [0.2, 0.25) is 0 Å². The van der Waals surface area contributed by atoms with Crippen LogP contribution < -0.4 is 0 Å². The zero-order valence-corrected chi connectivity index (χ0v) is 12.7. The predicted molar refractivity (Wildman–Crippen MR) is 72.7 cm³/mol. The van der Waals surface area contributed by atoms with Gasteiger partial charge in [0.2, 0.25) is 0 Å². The van der Waals surface area contributed by atoms with Crippen molar-refractivity contribution in [1.29, 1.82) is 0 Å². The second-order valence-corrected chi connectivity index (χ2v) is 7.97. The summed E-state index contributed by atoms with van der Waals surface area (Å²) < 4.78 is 11.1. The van der Waals surface area contributed by atoms with Crippen LogP contribution in [0.4, 0.5) is 0 Å². The van der Waals surface area contributed by atoms with E-state index in [4.69, 9.17) is 9.47 Å². The van der Waals surface area contributed by atoms with Crippen LogP contribution >= 0.6 is 0 Å². The van der Waals surface area contributed by atoms with Gasteiger partial charge < -0.3 is 9.47 Å². The molecule has 0 spiro atoms. The van der Waals surface area contributed by atoms with Gasteiger partial charge in [0, 0.05) is 11.8 Å². The average molecular weight is 280 g/mol. The van der Waals surface area contributed by atoms with E-state index < -0.39 is 0 Å². The van der Waals surface area contributed by atoms with E-state index in [1.807, 2.05) is 6.92 Å². The van der Waals surface area contributed by atoms with E-state index >= 15 is 0 Å². The topological polar surface area (TPSA) is 52.6 Å². The first-order valence-electron chi connectivity index (χ1n) is 7.67. The van der Waals surface area contributed by atoms with Gasteiger partial charge in [-0.2, -0.15) is 0 Å². The molecule has 1 heterocycles. The van der Waals surface area contributed by atoms with Crippen molar-refractivity contribution in [2.24, 2.45) is 29.1 Å². The number of carbonyl (C=O) groups excluding carboxylic acids is 2. The van der Waals surface area contributed by atoms with Crippen LogP contribution in [0.3, 0.4) is 0 Å². The number of fused-ring (bicyclic) bond motifs is 1. The Morgan fingerprint density at radius 1 is 1.40 bits per heavy atom. The molecule has 3 fully saturated rings. The molecular weight excluding hydrogens is 256 g/mol. The van der Waals surface area contributed by atoms with Crippen molar-refractivity contribution in [3.05, 3.63) is 0 Å². The fraction of sp³-hybridized carbons (Fsp3) is 0.875. The predicted octanol–water partition coefficient (Wildman–Crippen LogP) is 2.55. The lowest BCUT2D eigenvalue weighted by Crippen LogP contribution is -2.37. The van der Waals surface area contributed by atoms with E-state index in [1.54, 1.807) is 0 Å². The van der Waals surface area contributed by atoms with Gasteiger partial charge in [0.25, 0.3) is 0 Å². The summed E-state index contributed by atoms with van der Waals surface area (Å²) in [5, 5.41) is 0. The molecular formula is C16H24O4. The van der Waals surface area contributed by atoms with Crippen molar-refractivity contribution in [2.45, 2.75) is 59.2 Å². The Kier molecular flexibility index (Phi) is 3.11. The first-order valence-corrected chi connectivity index (χ1v) is 7.67. The van der Waals surface area contributed by atoms with E-state index in [2.05, 4.69) is 20.8 Å². The monoisotopic (exact) mass is 280 g/mol. The van der Waals surface area contributed by atoms with E-state index in [0.717, 1.165) is 19.3 Å². The molecule has 3 aliphatic rings. The number of carbonyl (C=O) groups is 2. The van der Waals surface area contributed by atoms with Gasteiger partial charge in [0.15, 0.2) is 0 Å². The highest BCUT2D eigenvalue weighted by Gasteiger charge is 2.63. The summed E-state index contributed by atoms with van der Waals surface area (Å²) >= 11 is 0. The van der Waals surface area contributed by atoms with Crippen LogP contribution in [0.15, 0.2) is 0 Å². The first-order chi connectivity index (χ1) is 9.26. The molecule has 6 unspecified atom stereocenters. The maximum absolute atomic E-state index is 12.2. The molecule has 0 amide bonds. The molecule has 1 saturated heterocycles. The van der Waals surface area contributed by atoms with Crippen molar-refractivity contribution < 1.29 is 19.1 Å². The van der Waals surface area contributed by atoms with Crippen molar-refractivity contribution in [3.8, 4) is 0 Å². The molecule has 0 N–H and O–H groups in total. The minimum atomic E-state index is -0.197. The molecule has 0 radical (unpaired) electrons. The molecule has 0 aromatic carbocycles. The second-order valence-electron chi connectivity index (χ2n) is 7.97. The minimum absolute atomic E-state index is 0.0759. The molecule has 3 rings (SSSR count). The second kappa shape index (κ2) is 4.47. The molecule has 2 bridgehead atoms. The van der Waals surface area contributed by atoms with Crippen molar-refractivity contribution in [2.75, 3.05) is 0 Å². The lowest BCUT2D eigenvalue weighted by Gasteiger charge is -2.28.